The second-order valence-electron chi connectivity index (χ2n) is 6.77. The molecule has 0 aliphatic carbocycles. The fourth-order valence-corrected chi connectivity index (χ4v) is 3.71. The molecular formula is C19H23N3O3. The summed E-state index contributed by atoms with van der Waals surface area (Å²) >= 11 is 0. The van der Waals surface area contributed by atoms with Gasteiger partial charge in [-0.15, -0.1) is 0 Å². The van der Waals surface area contributed by atoms with Crippen LogP contribution in [0.15, 0.2) is 34.9 Å². The van der Waals surface area contributed by atoms with Gasteiger partial charge in [0.25, 0.3) is 0 Å². The number of amides is 1. The van der Waals surface area contributed by atoms with E-state index in [2.05, 4.69) is 16.1 Å². The second-order valence-corrected chi connectivity index (χ2v) is 6.77. The number of carbonyl (C=O) groups excluding carboxylic acids is 1. The molecule has 1 fully saturated rings. The van der Waals surface area contributed by atoms with Crippen molar-refractivity contribution in [2.45, 2.75) is 32.4 Å². The van der Waals surface area contributed by atoms with Gasteiger partial charge in [-0.3, -0.25) is 9.69 Å². The third-order valence-corrected chi connectivity index (χ3v) is 4.95. The van der Waals surface area contributed by atoms with Gasteiger partial charge in [-0.05, 0) is 25.8 Å². The predicted molar refractivity (Wildman–Crippen MR) is 92.1 cm³/mol. The van der Waals surface area contributed by atoms with Gasteiger partial charge < -0.3 is 14.2 Å². The summed E-state index contributed by atoms with van der Waals surface area (Å²) in [5.74, 6) is 1.87. The van der Waals surface area contributed by atoms with Crippen molar-refractivity contribution in [1.82, 2.24) is 15.0 Å². The molecule has 1 saturated heterocycles. The van der Waals surface area contributed by atoms with Crippen LogP contribution in [-0.4, -0.2) is 47.1 Å². The minimum atomic E-state index is 0.0421. The molecule has 6 nitrogen and oxygen atoms in total. The molecule has 3 heterocycles. The SMILES string of the molecule is Cc1cc(C2CCCN2C(=O)CN2CCOc3ccccc3C2)no1. The Balaban J connectivity index is 1.44. The maximum absolute atomic E-state index is 12.9. The number of hydrogen-bond donors (Lipinski definition) is 0. The van der Waals surface area contributed by atoms with Crippen molar-refractivity contribution in [3.8, 4) is 5.75 Å². The average Bonchev–Trinajstić information content (AvgIpc) is 3.20. The van der Waals surface area contributed by atoms with E-state index in [0.29, 0.717) is 13.2 Å². The molecule has 0 radical (unpaired) electrons. The van der Waals surface area contributed by atoms with Crippen LogP contribution in [0.3, 0.4) is 0 Å². The summed E-state index contributed by atoms with van der Waals surface area (Å²) in [5, 5.41) is 4.12. The normalized spacial score (nSPS) is 20.8. The number of rotatable bonds is 3. The van der Waals surface area contributed by atoms with Crippen LogP contribution in [0.4, 0.5) is 0 Å². The number of aryl methyl sites for hydroxylation is 1. The average molecular weight is 341 g/mol. The lowest BCUT2D eigenvalue weighted by molar-refractivity contribution is -0.133. The summed E-state index contributed by atoms with van der Waals surface area (Å²) in [7, 11) is 0. The molecule has 0 saturated carbocycles. The first-order chi connectivity index (χ1) is 12.2. The van der Waals surface area contributed by atoms with E-state index in [1.165, 1.54) is 0 Å². The van der Waals surface area contributed by atoms with Crippen molar-refractivity contribution < 1.29 is 14.1 Å². The minimum absolute atomic E-state index is 0.0421. The van der Waals surface area contributed by atoms with Crippen molar-refractivity contribution in [2.75, 3.05) is 26.2 Å². The first-order valence-corrected chi connectivity index (χ1v) is 8.86. The quantitative estimate of drug-likeness (QED) is 0.859. The fourth-order valence-electron chi connectivity index (χ4n) is 3.71. The van der Waals surface area contributed by atoms with Crippen LogP contribution in [0.1, 0.15) is 35.9 Å². The molecule has 1 aromatic carbocycles. The second kappa shape index (κ2) is 6.88. The van der Waals surface area contributed by atoms with Crippen molar-refractivity contribution in [2.24, 2.45) is 0 Å². The van der Waals surface area contributed by atoms with E-state index in [0.717, 1.165) is 55.2 Å². The molecule has 1 unspecified atom stereocenters. The van der Waals surface area contributed by atoms with Crippen molar-refractivity contribution >= 4 is 5.91 Å². The maximum Gasteiger partial charge on any atom is 0.237 e. The lowest BCUT2D eigenvalue weighted by Crippen LogP contribution is -2.40. The summed E-state index contributed by atoms with van der Waals surface area (Å²) < 4.78 is 11.0. The van der Waals surface area contributed by atoms with Gasteiger partial charge in [0, 0.05) is 31.3 Å². The maximum atomic E-state index is 12.9. The molecule has 132 valence electrons. The van der Waals surface area contributed by atoms with Crippen LogP contribution >= 0.6 is 0 Å². The number of benzene rings is 1. The lowest BCUT2D eigenvalue weighted by Gasteiger charge is -2.26. The number of hydrogen-bond acceptors (Lipinski definition) is 5. The van der Waals surface area contributed by atoms with Gasteiger partial charge in [-0.2, -0.15) is 0 Å². The van der Waals surface area contributed by atoms with Crippen LogP contribution in [0, 0.1) is 6.92 Å². The Morgan fingerprint density at radius 3 is 3.04 bits per heavy atom. The van der Waals surface area contributed by atoms with Crippen LogP contribution in [0.2, 0.25) is 0 Å². The Labute approximate surface area is 147 Å². The van der Waals surface area contributed by atoms with Crippen LogP contribution in [-0.2, 0) is 11.3 Å². The molecule has 1 aromatic heterocycles. The van der Waals surface area contributed by atoms with Gasteiger partial charge in [0.05, 0.1) is 12.6 Å². The Morgan fingerprint density at radius 1 is 1.32 bits per heavy atom. The van der Waals surface area contributed by atoms with E-state index in [1.54, 1.807) is 0 Å². The number of nitrogens with zero attached hydrogens (tertiary/aromatic N) is 3. The van der Waals surface area contributed by atoms with Gasteiger partial charge in [0.15, 0.2) is 0 Å². The summed E-state index contributed by atoms with van der Waals surface area (Å²) in [6.07, 6.45) is 1.96. The van der Waals surface area contributed by atoms with E-state index < -0.39 is 0 Å². The predicted octanol–water partition coefficient (Wildman–Crippen LogP) is 2.54. The monoisotopic (exact) mass is 341 g/mol. The molecule has 1 amide bonds. The zero-order valence-corrected chi connectivity index (χ0v) is 14.5. The van der Waals surface area contributed by atoms with E-state index in [9.17, 15) is 4.79 Å². The zero-order valence-electron chi connectivity index (χ0n) is 14.5. The van der Waals surface area contributed by atoms with E-state index >= 15 is 0 Å². The molecule has 0 bridgehead atoms. The van der Waals surface area contributed by atoms with Crippen molar-refractivity contribution in [3.05, 3.63) is 47.3 Å². The Bertz CT molecular complexity index is 758. The third kappa shape index (κ3) is 3.39. The van der Waals surface area contributed by atoms with Gasteiger partial charge in [-0.1, -0.05) is 23.4 Å². The number of carbonyl (C=O) groups is 1. The number of aromatic nitrogens is 1. The zero-order chi connectivity index (χ0) is 17.2. The topological polar surface area (TPSA) is 58.8 Å². The van der Waals surface area contributed by atoms with E-state index in [-0.39, 0.29) is 11.9 Å². The number of fused-ring (bicyclic) bond motifs is 1. The highest BCUT2D eigenvalue weighted by Crippen LogP contribution is 2.32. The molecular weight excluding hydrogens is 318 g/mol. The largest absolute Gasteiger partial charge is 0.492 e. The fraction of sp³-hybridized carbons (Fsp3) is 0.474. The van der Waals surface area contributed by atoms with Crippen LogP contribution in [0.25, 0.3) is 0 Å². The minimum Gasteiger partial charge on any atom is -0.492 e. The van der Waals surface area contributed by atoms with E-state index in [1.807, 2.05) is 36.1 Å². The molecule has 0 N–H and O–H groups in total. The summed E-state index contributed by atoms with van der Waals surface area (Å²) in [6, 6.07) is 10.0. The molecule has 25 heavy (non-hydrogen) atoms. The molecule has 2 aromatic rings. The lowest BCUT2D eigenvalue weighted by atomic mass is 10.1. The van der Waals surface area contributed by atoms with Gasteiger partial charge in [0.2, 0.25) is 5.91 Å². The standard InChI is InChI=1S/C19H23N3O3/c1-14-11-16(20-25-14)17-6-4-8-22(17)19(23)13-21-9-10-24-18-7-3-2-5-15(18)12-21/h2-3,5,7,11,17H,4,6,8-10,12-13H2,1H3. The van der Waals surface area contributed by atoms with Crippen molar-refractivity contribution in [1.29, 1.82) is 0 Å². The molecule has 6 heteroatoms. The Morgan fingerprint density at radius 2 is 2.20 bits per heavy atom. The number of para-hydroxylation sites is 1. The smallest absolute Gasteiger partial charge is 0.237 e. The highest BCUT2D eigenvalue weighted by Gasteiger charge is 2.33. The van der Waals surface area contributed by atoms with Gasteiger partial charge >= 0.3 is 0 Å². The van der Waals surface area contributed by atoms with Gasteiger partial charge in [-0.25, -0.2) is 0 Å². The van der Waals surface area contributed by atoms with Gasteiger partial charge in [0.1, 0.15) is 23.8 Å². The number of likely N-dealkylation sites (tertiary alicyclic amines) is 1. The summed E-state index contributed by atoms with van der Waals surface area (Å²) in [5.41, 5.74) is 2.01. The molecule has 2 aliphatic rings. The first-order valence-electron chi connectivity index (χ1n) is 8.86. The van der Waals surface area contributed by atoms with E-state index in [4.69, 9.17) is 9.26 Å². The molecule has 1 atom stereocenters. The summed E-state index contributed by atoms with van der Waals surface area (Å²) in [4.78, 5) is 17.0. The molecule has 4 rings (SSSR count). The molecule has 0 spiro atoms. The first kappa shape index (κ1) is 16.1. The van der Waals surface area contributed by atoms with Crippen LogP contribution in [0.5, 0.6) is 5.75 Å². The van der Waals surface area contributed by atoms with Crippen LogP contribution < -0.4 is 4.74 Å². The summed E-state index contributed by atoms with van der Waals surface area (Å²) in [6.45, 7) is 5.18. The Kier molecular flexibility index (Phi) is 4.44. The Hall–Kier alpha value is -2.34. The number of ether oxygens (including phenoxy) is 1. The third-order valence-electron chi connectivity index (χ3n) is 4.95. The highest BCUT2D eigenvalue weighted by molar-refractivity contribution is 5.79. The highest BCUT2D eigenvalue weighted by atomic mass is 16.5. The van der Waals surface area contributed by atoms with Crippen molar-refractivity contribution in [3.63, 3.8) is 0 Å². The molecule has 2 aliphatic heterocycles.